The second-order valence-electron chi connectivity index (χ2n) is 12.9. The first-order valence-corrected chi connectivity index (χ1v) is 14.6. The zero-order chi connectivity index (χ0) is 26.8. The van der Waals surface area contributed by atoms with Crippen LogP contribution in [0.3, 0.4) is 0 Å². The quantitative estimate of drug-likeness (QED) is 0.323. The highest BCUT2D eigenvalue weighted by atomic mass is 16.5. The molecule has 0 aromatic heterocycles. The van der Waals surface area contributed by atoms with E-state index in [0.717, 1.165) is 19.2 Å². The van der Waals surface area contributed by atoms with Crippen LogP contribution in [0, 0.1) is 11.3 Å². The molecule has 194 valence electrons. The smallest absolute Gasteiger partial charge is 0.327 e. The van der Waals surface area contributed by atoms with Crippen LogP contribution in [0.5, 0.6) is 0 Å². The van der Waals surface area contributed by atoms with Gasteiger partial charge in [0.2, 0.25) is 0 Å². The third-order valence-corrected chi connectivity index (χ3v) is 10.0. The van der Waals surface area contributed by atoms with Crippen LogP contribution in [0.4, 0.5) is 0 Å². The van der Waals surface area contributed by atoms with Crippen molar-refractivity contribution >= 4 is 23.5 Å². The molecule has 0 amide bonds. The number of hydrogen-bond donors (Lipinski definition) is 0. The van der Waals surface area contributed by atoms with Crippen molar-refractivity contribution in [1.29, 1.82) is 0 Å². The molecule has 0 spiro atoms. The SMILES string of the molecule is CC1(C)CB(c2cccc(C3=C4C=C([C@H]5C=CC=CC5)c5ccccc5C4Cc4ccccc43)c2)OC1(C)C. The summed E-state index contributed by atoms with van der Waals surface area (Å²) < 4.78 is 6.67. The van der Waals surface area contributed by atoms with Crippen LogP contribution in [0.15, 0.2) is 109 Å². The molecule has 3 aromatic carbocycles. The first kappa shape index (κ1) is 24.7. The average Bonchev–Trinajstić information content (AvgIpc) is 3.18. The van der Waals surface area contributed by atoms with Crippen molar-refractivity contribution < 1.29 is 4.65 Å². The Morgan fingerprint density at radius 2 is 1.64 bits per heavy atom. The topological polar surface area (TPSA) is 9.23 Å². The van der Waals surface area contributed by atoms with Crippen molar-refractivity contribution in [3.05, 3.63) is 137 Å². The Bertz CT molecular complexity index is 1560. The van der Waals surface area contributed by atoms with Crippen molar-refractivity contribution in [3.63, 3.8) is 0 Å². The highest BCUT2D eigenvalue weighted by molar-refractivity contribution is 6.68. The Morgan fingerprint density at radius 3 is 2.41 bits per heavy atom. The minimum atomic E-state index is -0.148. The summed E-state index contributed by atoms with van der Waals surface area (Å²) in [5.74, 6) is 0.771. The van der Waals surface area contributed by atoms with Gasteiger partial charge in [-0.05, 0) is 88.4 Å². The fourth-order valence-corrected chi connectivity index (χ4v) is 7.15. The molecule has 0 saturated carbocycles. The Balaban J connectivity index is 1.42. The van der Waals surface area contributed by atoms with Crippen LogP contribution < -0.4 is 5.46 Å². The van der Waals surface area contributed by atoms with Gasteiger partial charge in [0.15, 0.2) is 0 Å². The number of fused-ring (bicyclic) bond motifs is 4. The van der Waals surface area contributed by atoms with E-state index in [2.05, 4.69) is 131 Å². The van der Waals surface area contributed by atoms with Gasteiger partial charge < -0.3 is 4.65 Å². The minimum Gasteiger partial charge on any atom is -0.426 e. The van der Waals surface area contributed by atoms with Gasteiger partial charge >= 0.3 is 6.92 Å². The largest absolute Gasteiger partial charge is 0.426 e. The molecular formula is C37H37BO. The Kier molecular flexibility index (Phi) is 5.76. The summed E-state index contributed by atoms with van der Waals surface area (Å²) in [4.78, 5) is 0. The van der Waals surface area contributed by atoms with Crippen LogP contribution in [0.1, 0.15) is 67.9 Å². The van der Waals surface area contributed by atoms with Crippen molar-refractivity contribution in [3.8, 4) is 0 Å². The Labute approximate surface area is 234 Å². The van der Waals surface area contributed by atoms with Crippen molar-refractivity contribution in [2.75, 3.05) is 0 Å². The molecule has 1 aliphatic heterocycles. The van der Waals surface area contributed by atoms with Crippen LogP contribution in [0.25, 0.3) is 11.1 Å². The maximum atomic E-state index is 6.67. The van der Waals surface area contributed by atoms with E-state index in [1.165, 1.54) is 50.0 Å². The van der Waals surface area contributed by atoms with E-state index < -0.39 is 0 Å². The Hall–Kier alpha value is -3.36. The van der Waals surface area contributed by atoms with E-state index in [9.17, 15) is 0 Å². The number of benzene rings is 3. The van der Waals surface area contributed by atoms with Crippen molar-refractivity contribution in [1.82, 2.24) is 0 Å². The van der Waals surface area contributed by atoms with Crippen LogP contribution in [0.2, 0.25) is 6.32 Å². The predicted octanol–water partition coefficient (Wildman–Crippen LogP) is 8.39. The van der Waals surface area contributed by atoms with Gasteiger partial charge in [-0.15, -0.1) is 0 Å². The zero-order valence-electron chi connectivity index (χ0n) is 23.6. The third-order valence-electron chi connectivity index (χ3n) is 10.0. The van der Waals surface area contributed by atoms with Crippen molar-refractivity contribution in [2.24, 2.45) is 11.3 Å². The van der Waals surface area contributed by atoms with Gasteiger partial charge in [-0.1, -0.05) is 117 Å². The van der Waals surface area contributed by atoms with Gasteiger partial charge in [0.25, 0.3) is 0 Å². The first-order chi connectivity index (χ1) is 18.8. The Morgan fingerprint density at radius 1 is 0.846 bits per heavy atom. The molecule has 1 unspecified atom stereocenters. The molecule has 7 rings (SSSR count). The summed E-state index contributed by atoms with van der Waals surface area (Å²) >= 11 is 0. The molecular weight excluding hydrogens is 471 g/mol. The average molecular weight is 509 g/mol. The van der Waals surface area contributed by atoms with Gasteiger partial charge in [0.05, 0.1) is 5.60 Å². The van der Waals surface area contributed by atoms with Gasteiger partial charge in [0, 0.05) is 11.8 Å². The van der Waals surface area contributed by atoms with Gasteiger partial charge in [-0.25, -0.2) is 0 Å². The second kappa shape index (κ2) is 9.10. The van der Waals surface area contributed by atoms with Gasteiger partial charge in [-0.3, -0.25) is 0 Å². The highest BCUT2D eigenvalue weighted by Gasteiger charge is 2.49. The third kappa shape index (κ3) is 4.04. The number of rotatable bonds is 3. The van der Waals surface area contributed by atoms with Gasteiger partial charge in [-0.2, -0.15) is 0 Å². The minimum absolute atomic E-state index is 0.118. The van der Waals surface area contributed by atoms with E-state index in [1.54, 1.807) is 0 Å². The molecule has 1 nitrogen and oxygen atoms in total. The second-order valence-corrected chi connectivity index (χ2v) is 12.9. The number of hydrogen-bond acceptors (Lipinski definition) is 1. The van der Waals surface area contributed by atoms with E-state index in [-0.39, 0.29) is 17.9 Å². The zero-order valence-corrected chi connectivity index (χ0v) is 23.6. The molecule has 2 atom stereocenters. The summed E-state index contributed by atoms with van der Waals surface area (Å²) in [6.07, 6.45) is 14.8. The normalized spacial score (nSPS) is 24.2. The standard InChI is InChI=1S/C37H37BO/c1-36(2)24-38(39-37(36,3)4)28-17-12-16-27(21-28)35-29-18-9-8-15-26(29)22-33-31-20-11-10-19-30(31)32(23-34(33)35)25-13-6-5-7-14-25/h5-13,15-21,23,25,33H,14,22,24H2,1-4H3/t25-,33?/m0/s1. The summed E-state index contributed by atoms with van der Waals surface area (Å²) in [6, 6.07) is 27.4. The molecule has 3 aliphatic carbocycles. The van der Waals surface area contributed by atoms with E-state index in [4.69, 9.17) is 4.65 Å². The molecule has 0 radical (unpaired) electrons. The highest BCUT2D eigenvalue weighted by Crippen LogP contribution is 2.51. The van der Waals surface area contributed by atoms with Gasteiger partial charge in [0.1, 0.15) is 0 Å². The predicted molar refractivity (Wildman–Crippen MR) is 165 cm³/mol. The van der Waals surface area contributed by atoms with Crippen LogP contribution in [-0.2, 0) is 11.1 Å². The molecule has 1 fully saturated rings. The van der Waals surface area contributed by atoms with Crippen molar-refractivity contribution in [2.45, 2.75) is 58.4 Å². The lowest BCUT2D eigenvalue weighted by Crippen LogP contribution is -2.36. The molecule has 1 heterocycles. The first-order valence-electron chi connectivity index (χ1n) is 14.6. The monoisotopic (exact) mass is 508 g/mol. The molecule has 4 aliphatic rings. The molecule has 0 bridgehead atoms. The van der Waals surface area contributed by atoms with E-state index in [0.29, 0.717) is 11.8 Å². The molecule has 1 saturated heterocycles. The fraction of sp³-hybridized carbons (Fsp3) is 0.297. The van der Waals surface area contributed by atoms with E-state index in [1.807, 2.05) is 0 Å². The lowest BCUT2D eigenvalue weighted by Gasteiger charge is -2.36. The number of allylic oxidation sites excluding steroid dienone is 7. The summed E-state index contributed by atoms with van der Waals surface area (Å²) in [5.41, 5.74) is 12.6. The fourth-order valence-electron chi connectivity index (χ4n) is 7.15. The summed E-state index contributed by atoms with van der Waals surface area (Å²) in [7, 11) is 0. The summed E-state index contributed by atoms with van der Waals surface area (Å²) in [5, 5.41) is 0. The lowest BCUT2D eigenvalue weighted by atomic mass is 9.54. The van der Waals surface area contributed by atoms with Crippen LogP contribution in [-0.4, -0.2) is 12.5 Å². The lowest BCUT2D eigenvalue weighted by molar-refractivity contribution is 0.0375. The molecule has 0 N–H and O–H groups in total. The summed E-state index contributed by atoms with van der Waals surface area (Å²) in [6.45, 7) is 9.27. The van der Waals surface area contributed by atoms with Crippen LogP contribution >= 0.6 is 0 Å². The molecule has 39 heavy (non-hydrogen) atoms. The maximum absolute atomic E-state index is 6.67. The molecule has 2 heteroatoms. The maximum Gasteiger partial charge on any atom is 0.327 e. The van der Waals surface area contributed by atoms with E-state index >= 15 is 0 Å². The molecule has 3 aromatic rings.